The zero-order valence-electron chi connectivity index (χ0n) is 17.0. The average Bonchev–Trinajstić information content (AvgIpc) is 2.76. The summed E-state index contributed by atoms with van der Waals surface area (Å²) in [6.07, 6.45) is 4.96. The summed E-state index contributed by atoms with van der Waals surface area (Å²) in [5.74, 6) is 1.78. The normalized spacial score (nSPS) is 19.6. The van der Waals surface area contributed by atoms with Crippen molar-refractivity contribution < 1.29 is 0 Å². The van der Waals surface area contributed by atoms with Gasteiger partial charge in [0.25, 0.3) is 0 Å². The lowest BCUT2D eigenvalue weighted by atomic mass is 9.96. The smallest absolute Gasteiger partial charge is 0.151 e. The molecule has 0 spiro atoms. The van der Waals surface area contributed by atoms with Crippen molar-refractivity contribution in [2.45, 2.75) is 31.7 Å². The molecule has 1 aromatic heterocycles. The van der Waals surface area contributed by atoms with Crippen LogP contribution in [0.5, 0.6) is 0 Å². The third-order valence-electron chi connectivity index (χ3n) is 6.22. The molecule has 29 heavy (non-hydrogen) atoms. The van der Waals surface area contributed by atoms with Crippen molar-refractivity contribution in [1.29, 1.82) is 0 Å². The van der Waals surface area contributed by atoms with Gasteiger partial charge in [0, 0.05) is 24.7 Å². The topological polar surface area (TPSA) is 44.3 Å². The number of hydrogen-bond donors (Lipinski definition) is 1. The van der Waals surface area contributed by atoms with Crippen LogP contribution in [0.2, 0.25) is 10.0 Å². The number of nitrogens with zero attached hydrogens (tertiary/aromatic N) is 4. The van der Waals surface area contributed by atoms with E-state index in [2.05, 4.69) is 38.4 Å². The first-order valence-corrected chi connectivity index (χ1v) is 11.3. The molecule has 4 rings (SSSR count). The number of likely N-dealkylation sites (tertiary alicyclic amines) is 1. The largest absolute Gasteiger partial charge is 0.355 e. The molecule has 0 unspecified atom stereocenters. The molecular formula is C22H29Cl2N5. The van der Waals surface area contributed by atoms with Gasteiger partial charge < -0.3 is 15.1 Å². The van der Waals surface area contributed by atoms with Crippen LogP contribution in [0.3, 0.4) is 0 Å². The van der Waals surface area contributed by atoms with E-state index in [1.165, 1.54) is 25.9 Å². The average molecular weight is 434 g/mol. The van der Waals surface area contributed by atoms with E-state index in [0.29, 0.717) is 16.1 Å². The quantitative estimate of drug-likeness (QED) is 0.758. The van der Waals surface area contributed by atoms with Gasteiger partial charge in [-0.25, -0.2) is 0 Å². The molecule has 1 N–H and O–H groups in total. The number of rotatable bonds is 5. The van der Waals surface area contributed by atoms with E-state index in [9.17, 15) is 0 Å². The lowest BCUT2D eigenvalue weighted by Crippen LogP contribution is -2.45. The molecule has 156 valence electrons. The summed E-state index contributed by atoms with van der Waals surface area (Å²) in [6.45, 7) is 5.68. The van der Waals surface area contributed by atoms with Crippen LogP contribution in [0.1, 0.15) is 25.7 Å². The first-order valence-electron chi connectivity index (χ1n) is 10.5. The molecule has 2 aliphatic heterocycles. The molecule has 1 aromatic carbocycles. The summed E-state index contributed by atoms with van der Waals surface area (Å²) >= 11 is 12.1. The van der Waals surface area contributed by atoms with Crippen molar-refractivity contribution in [3.8, 4) is 11.3 Å². The molecule has 0 aliphatic carbocycles. The van der Waals surface area contributed by atoms with Gasteiger partial charge in [-0.1, -0.05) is 29.3 Å². The highest BCUT2D eigenvalue weighted by molar-refractivity contribution is 6.42. The van der Waals surface area contributed by atoms with Crippen molar-refractivity contribution in [2.24, 2.45) is 5.92 Å². The molecule has 2 aromatic rings. The highest BCUT2D eigenvalue weighted by Gasteiger charge is 2.22. The van der Waals surface area contributed by atoms with E-state index >= 15 is 0 Å². The summed E-state index contributed by atoms with van der Waals surface area (Å²) in [5, 5.41) is 13.8. The molecule has 5 nitrogen and oxygen atoms in total. The fourth-order valence-corrected chi connectivity index (χ4v) is 4.51. The highest BCUT2D eigenvalue weighted by atomic mass is 35.5. The van der Waals surface area contributed by atoms with E-state index in [1.807, 2.05) is 18.2 Å². The minimum Gasteiger partial charge on any atom is -0.355 e. The Morgan fingerprint density at radius 3 is 2.34 bits per heavy atom. The van der Waals surface area contributed by atoms with Gasteiger partial charge in [0.2, 0.25) is 0 Å². The zero-order chi connectivity index (χ0) is 20.2. The lowest BCUT2D eigenvalue weighted by Gasteiger charge is -2.35. The second-order valence-electron chi connectivity index (χ2n) is 8.32. The number of halogens is 2. The van der Waals surface area contributed by atoms with Gasteiger partial charge in [-0.3, -0.25) is 0 Å². The lowest BCUT2D eigenvalue weighted by molar-refractivity contribution is 0.210. The maximum atomic E-state index is 6.12. The first kappa shape index (κ1) is 20.9. The molecule has 2 aliphatic rings. The Kier molecular flexibility index (Phi) is 6.91. The first-order chi connectivity index (χ1) is 14.1. The van der Waals surface area contributed by atoms with E-state index < -0.39 is 0 Å². The summed E-state index contributed by atoms with van der Waals surface area (Å²) < 4.78 is 0. The monoisotopic (exact) mass is 433 g/mol. The Bertz CT molecular complexity index is 797. The summed E-state index contributed by atoms with van der Waals surface area (Å²) in [5.41, 5.74) is 1.73. The number of benzene rings is 1. The predicted molar refractivity (Wildman–Crippen MR) is 121 cm³/mol. The van der Waals surface area contributed by atoms with Gasteiger partial charge in [-0.05, 0) is 82.5 Å². The van der Waals surface area contributed by atoms with Gasteiger partial charge in [0.15, 0.2) is 5.82 Å². The zero-order valence-corrected chi connectivity index (χ0v) is 18.5. The Morgan fingerprint density at radius 1 is 0.931 bits per heavy atom. The Morgan fingerprint density at radius 2 is 1.69 bits per heavy atom. The number of hydrogen-bond acceptors (Lipinski definition) is 5. The van der Waals surface area contributed by atoms with Crippen LogP contribution in [0.25, 0.3) is 11.3 Å². The highest BCUT2D eigenvalue weighted by Crippen LogP contribution is 2.28. The molecule has 0 bridgehead atoms. The van der Waals surface area contributed by atoms with E-state index in [4.69, 9.17) is 23.2 Å². The van der Waals surface area contributed by atoms with Gasteiger partial charge in [-0.15, -0.1) is 10.2 Å². The van der Waals surface area contributed by atoms with Crippen LogP contribution in [0, 0.1) is 5.92 Å². The summed E-state index contributed by atoms with van der Waals surface area (Å²) in [7, 11) is 2.22. The van der Waals surface area contributed by atoms with Crippen LogP contribution >= 0.6 is 23.2 Å². The Hall–Kier alpha value is -1.40. The molecule has 0 atom stereocenters. The molecule has 0 amide bonds. The minimum atomic E-state index is 0.532. The molecule has 2 fully saturated rings. The van der Waals surface area contributed by atoms with E-state index in [1.54, 1.807) is 6.07 Å². The fraction of sp³-hybridized carbons (Fsp3) is 0.545. The minimum absolute atomic E-state index is 0.532. The maximum absolute atomic E-state index is 6.12. The molecule has 0 saturated carbocycles. The third kappa shape index (κ3) is 5.40. The van der Waals surface area contributed by atoms with E-state index in [-0.39, 0.29) is 0 Å². The number of anilines is 1. The second-order valence-corrected chi connectivity index (χ2v) is 9.14. The number of aromatic nitrogens is 2. The van der Waals surface area contributed by atoms with Crippen molar-refractivity contribution in [2.75, 3.05) is 44.7 Å². The van der Waals surface area contributed by atoms with Crippen molar-refractivity contribution >= 4 is 29.0 Å². The van der Waals surface area contributed by atoms with Crippen molar-refractivity contribution in [1.82, 2.24) is 20.4 Å². The SMILES string of the molecule is CN1CCC(CNC2CCN(c3ccc(-c4ccc(Cl)c(Cl)c4)nn3)CC2)CC1. The number of piperidine rings is 2. The van der Waals surface area contributed by atoms with Crippen LogP contribution in [0.4, 0.5) is 5.82 Å². The molecule has 7 heteroatoms. The van der Waals surface area contributed by atoms with Crippen LogP contribution in [-0.2, 0) is 0 Å². The van der Waals surface area contributed by atoms with Crippen molar-refractivity contribution in [3.05, 3.63) is 40.4 Å². The predicted octanol–water partition coefficient (Wildman–Crippen LogP) is 4.35. The van der Waals surface area contributed by atoms with Gasteiger partial charge in [-0.2, -0.15) is 0 Å². The maximum Gasteiger partial charge on any atom is 0.151 e. The van der Waals surface area contributed by atoms with Gasteiger partial charge >= 0.3 is 0 Å². The molecular weight excluding hydrogens is 405 g/mol. The van der Waals surface area contributed by atoms with Gasteiger partial charge in [0.05, 0.1) is 15.7 Å². The Labute approximate surface area is 183 Å². The third-order valence-corrected chi connectivity index (χ3v) is 6.96. The molecule has 2 saturated heterocycles. The van der Waals surface area contributed by atoms with Gasteiger partial charge in [0.1, 0.15) is 0 Å². The summed E-state index contributed by atoms with van der Waals surface area (Å²) in [4.78, 5) is 4.77. The molecule has 0 radical (unpaired) electrons. The van der Waals surface area contributed by atoms with E-state index in [0.717, 1.165) is 55.5 Å². The standard InChI is InChI=1S/C22H29Cl2N5/c1-28-10-6-16(7-11-28)15-25-18-8-12-29(13-9-18)22-5-4-21(26-27-22)17-2-3-19(23)20(24)14-17/h2-5,14,16,18,25H,6-13,15H2,1H3. The molecule has 3 heterocycles. The van der Waals surface area contributed by atoms with Crippen LogP contribution < -0.4 is 10.2 Å². The van der Waals surface area contributed by atoms with Crippen molar-refractivity contribution in [3.63, 3.8) is 0 Å². The number of nitrogens with one attached hydrogen (secondary N) is 1. The summed E-state index contributed by atoms with van der Waals surface area (Å²) in [6, 6.07) is 10.2. The Balaban J connectivity index is 1.27. The van der Waals surface area contributed by atoms with Crippen LogP contribution in [-0.4, -0.2) is 60.9 Å². The fourth-order valence-electron chi connectivity index (χ4n) is 4.22. The van der Waals surface area contributed by atoms with Crippen LogP contribution in [0.15, 0.2) is 30.3 Å². The second kappa shape index (κ2) is 9.61.